The summed E-state index contributed by atoms with van der Waals surface area (Å²) in [7, 11) is 3.36. The standard InChI is InChI=1S/C7H12N4O/c1-5-8-6(2)11(9-5)7(12)10(3)4/h1-4H3. The van der Waals surface area contributed by atoms with Crippen LogP contribution in [0.3, 0.4) is 0 Å². The van der Waals surface area contributed by atoms with E-state index in [0.29, 0.717) is 11.6 Å². The summed E-state index contributed by atoms with van der Waals surface area (Å²) in [5.41, 5.74) is 0. The third-order valence-corrected chi connectivity index (χ3v) is 1.44. The fourth-order valence-corrected chi connectivity index (χ4v) is 0.892. The predicted molar refractivity (Wildman–Crippen MR) is 44.0 cm³/mol. The van der Waals surface area contributed by atoms with Crippen molar-refractivity contribution in [2.24, 2.45) is 0 Å². The van der Waals surface area contributed by atoms with E-state index in [0.717, 1.165) is 0 Å². The number of nitrogens with zero attached hydrogens (tertiary/aromatic N) is 4. The number of hydrogen-bond acceptors (Lipinski definition) is 3. The van der Waals surface area contributed by atoms with Crippen molar-refractivity contribution >= 4 is 6.03 Å². The number of carbonyl (C=O) groups is 1. The molecule has 0 saturated heterocycles. The molecule has 0 fully saturated rings. The molecule has 0 aliphatic heterocycles. The fourth-order valence-electron chi connectivity index (χ4n) is 0.892. The minimum atomic E-state index is -0.173. The summed E-state index contributed by atoms with van der Waals surface area (Å²) < 4.78 is 1.29. The largest absolute Gasteiger partial charge is 0.345 e. The van der Waals surface area contributed by atoms with Crippen LogP contribution >= 0.6 is 0 Å². The molecular formula is C7H12N4O. The Labute approximate surface area is 71.0 Å². The number of amides is 1. The lowest BCUT2D eigenvalue weighted by molar-refractivity contribution is 0.215. The Hall–Kier alpha value is -1.39. The monoisotopic (exact) mass is 168 g/mol. The molecule has 1 amide bonds. The molecule has 0 N–H and O–H groups in total. The maximum atomic E-state index is 11.4. The first-order valence-electron chi connectivity index (χ1n) is 3.64. The first kappa shape index (κ1) is 8.70. The Morgan fingerprint density at radius 3 is 2.33 bits per heavy atom. The second-order valence-electron chi connectivity index (χ2n) is 2.80. The van der Waals surface area contributed by atoms with Crippen molar-refractivity contribution < 1.29 is 4.79 Å². The summed E-state index contributed by atoms with van der Waals surface area (Å²) in [5, 5.41) is 3.95. The summed E-state index contributed by atoms with van der Waals surface area (Å²) in [6.45, 7) is 3.51. The summed E-state index contributed by atoms with van der Waals surface area (Å²) >= 11 is 0. The lowest BCUT2D eigenvalue weighted by atomic mass is 10.7. The van der Waals surface area contributed by atoms with E-state index in [9.17, 15) is 4.79 Å². The second kappa shape index (κ2) is 2.92. The Kier molecular flexibility index (Phi) is 2.12. The molecule has 0 atom stereocenters. The first-order valence-corrected chi connectivity index (χ1v) is 3.64. The van der Waals surface area contributed by atoms with Crippen LogP contribution in [0.1, 0.15) is 11.6 Å². The molecule has 0 aromatic carbocycles. The minimum absolute atomic E-state index is 0.173. The van der Waals surface area contributed by atoms with Gasteiger partial charge in [-0.25, -0.2) is 9.78 Å². The minimum Gasteiger partial charge on any atom is -0.329 e. The molecule has 12 heavy (non-hydrogen) atoms. The molecule has 5 heteroatoms. The number of hydrogen-bond donors (Lipinski definition) is 0. The molecule has 0 saturated carbocycles. The van der Waals surface area contributed by atoms with Gasteiger partial charge in [0.1, 0.15) is 11.6 Å². The van der Waals surface area contributed by atoms with Crippen LogP contribution in [0.15, 0.2) is 0 Å². The number of aryl methyl sites for hydroxylation is 2. The van der Waals surface area contributed by atoms with Gasteiger partial charge in [-0.1, -0.05) is 0 Å². The number of carbonyl (C=O) groups excluding carboxylic acids is 1. The predicted octanol–water partition coefficient (Wildman–Crippen LogP) is 0.425. The molecule has 0 aliphatic rings. The highest BCUT2D eigenvalue weighted by Gasteiger charge is 2.11. The van der Waals surface area contributed by atoms with Crippen molar-refractivity contribution in [3.8, 4) is 0 Å². The maximum Gasteiger partial charge on any atom is 0.345 e. The van der Waals surface area contributed by atoms with Gasteiger partial charge >= 0.3 is 6.03 Å². The zero-order valence-electron chi connectivity index (χ0n) is 7.70. The molecule has 0 unspecified atom stereocenters. The Morgan fingerprint density at radius 1 is 1.42 bits per heavy atom. The van der Waals surface area contributed by atoms with Gasteiger partial charge in [0.2, 0.25) is 0 Å². The van der Waals surface area contributed by atoms with Gasteiger partial charge in [-0.2, -0.15) is 4.68 Å². The van der Waals surface area contributed by atoms with Gasteiger partial charge in [0.25, 0.3) is 0 Å². The summed E-state index contributed by atoms with van der Waals surface area (Å²) in [5.74, 6) is 1.23. The summed E-state index contributed by atoms with van der Waals surface area (Å²) in [6, 6.07) is -0.173. The van der Waals surface area contributed by atoms with Gasteiger partial charge < -0.3 is 4.90 Å². The van der Waals surface area contributed by atoms with Crippen LogP contribution in [0, 0.1) is 13.8 Å². The highest BCUT2D eigenvalue weighted by molar-refractivity contribution is 5.75. The van der Waals surface area contributed by atoms with Crippen molar-refractivity contribution in [1.82, 2.24) is 19.7 Å². The number of rotatable bonds is 0. The molecule has 1 rings (SSSR count). The number of aromatic nitrogens is 3. The van der Waals surface area contributed by atoms with E-state index < -0.39 is 0 Å². The lowest BCUT2D eigenvalue weighted by Gasteiger charge is -2.09. The van der Waals surface area contributed by atoms with E-state index >= 15 is 0 Å². The fraction of sp³-hybridized carbons (Fsp3) is 0.571. The Morgan fingerprint density at radius 2 is 2.00 bits per heavy atom. The van der Waals surface area contributed by atoms with Crippen molar-refractivity contribution in [2.75, 3.05) is 14.1 Å². The molecule has 5 nitrogen and oxygen atoms in total. The van der Waals surface area contributed by atoms with Crippen LogP contribution < -0.4 is 0 Å². The second-order valence-corrected chi connectivity index (χ2v) is 2.80. The van der Waals surface area contributed by atoms with E-state index in [4.69, 9.17) is 0 Å². The van der Waals surface area contributed by atoms with Crippen LogP contribution in [-0.2, 0) is 0 Å². The van der Waals surface area contributed by atoms with Gasteiger partial charge in [0.15, 0.2) is 0 Å². The zero-order valence-corrected chi connectivity index (χ0v) is 7.70. The first-order chi connectivity index (χ1) is 5.52. The molecule has 66 valence electrons. The van der Waals surface area contributed by atoms with Crippen LogP contribution in [0.4, 0.5) is 4.79 Å². The van der Waals surface area contributed by atoms with E-state index in [1.54, 1.807) is 27.9 Å². The normalized spacial score (nSPS) is 10.0. The molecule has 1 heterocycles. The SMILES string of the molecule is Cc1nc(C)n(C(=O)N(C)C)n1. The van der Waals surface area contributed by atoms with E-state index in [2.05, 4.69) is 10.1 Å². The third-order valence-electron chi connectivity index (χ3n) is 1.44. The van der Waals surface area contributed by atoms with Gasteiger partial charge in [0, 0.05) is 14.1 Å². The third kappa shape index (κ3) is 1.44. The highest BCUT2D eigenvalue weighted by Crippen LogP contribution is 1.97. The average molecular weight is 168 g/mol. The van der Waals surface area contributed by atoms with E-state index in [-0.39, 0.29) is 6.03 Å². The summed E-state index contributed by atoms with van der Waals surface area (Å²) in [6.07, 6.45) is 0. The van der Waals surface area contributed by atoms with Gasteiger partial charge in [0.05, 0.1) is 0 Å². The molecule has 1 aromatic rings. The highest BCUT2D eigenvalue weighted by atomic mass is 16.2. The molecule has 0 aliphatic carbocycles. The molecule has 0 radical (unpaired) electrons. The van der Waals surface area contributed by atoms with Crippen LogP contribution in [0.5, 0.6) is 0 Å². The Bertz CT molecular complexity index is 302. The van der Waals surface area contributed by atoms with Crippen molar-refractivity contribution in [2.45, 2.75) is 13.8 Å². The average Bonchev–Trinajstić information content (AvgIpc) is 2.28. The zero-order chi connectivity index (χ0) is 9.30. The molecule has 1 aromatic heterocycles. The smallest absolute Gasteiger partial charge is 0.329 e. The van der Waals surface area contributed by atoms with Crippen molar-refractivity contribution in [3.63, 3.8) is 0 Å². The molecular weight excluding hydrogens is 156 g/mol. The maximum absolute atomic E-state index is 11.4. The van der Waals surface area contributed by atoms with Crippen molar-refractivity contribution in [3.05, 3.63) is 11.6 Å². The molecule has 0 spiro atoms. The van der Waals surface area contributed by atoms with Crippen LogP contribution in [0.25, 0.3) is 0 Å². The molecule has 0 bridgehead atoms. The summed E-state index contributed by atoms with van der Waals surface area (Å²) in [4.78, 5) is 16.8. The van der Waals surface area contributed by atoms with Gasteiger partial charge in [-0.05, 0) is 13.8 Å². The van der Waals surface area contributed by atoms with Crippen LogP contribution in [-0.4, -0.2) is 39.8 Å². The Balaban J connectivity index is 3.02. The van der Waals surface area contributed by atoms with Crippen LogP contribution in [0.2, 0.25) is 0 Å². The van der Waals surface area contributed by atoms with Gasteiger partial charge in [-0.3, -0.25) is 0 Å². The lowest BCUT2D eigenvalue weighted by Crippen LogP contribution is -2.29. The van der Waals surface area contributed by atoms with Gasteiger partial charge in [-0.15, -0.1) is 5.10 Å². The van der Waals surface area contributed by atoms with E-state index in [1.807, 2.05) is 0 Å². The van der Waals surface area contributed by atoms with E-state index in [1.165, 1.54) is 9.58 Å². The topological polar surface area (TPSA) is 51.0 Å². The van der Waals surface area contributed by atoms with Crippen molar-refractivity contribution in [1.29, 1.82) is 0 Å². The quantitative estimate of drug-likeness (QED) is 0.564.